The van der Waals surface area contributed by atoms with Gasteiger partial charge in [0, 0.05) is 23.8 Å². The normalized spacial score (nSPS) is 11.6. The number of fused-ring (bicyclic) bond motifs is 1. The van der Waals surface area contributed by atoms with E-state index in [2.05, 4.69) is 15.0 Å². The van der Waals surface area contributed by atoms with Crippen molar-refractivity contribution < 1.29 is 8.42 Å². The van der Waals surface area contributed by atoms with E-state index in [4.69, 9.17) is 0 Å². The van der Waals surface area contributed by atoms with Gasteiger partial charge in [-0.15, -0.1) is 0 Å². The summed E-state index contributed by atoms with van der Waals surface area (Å²) in [6.07, 6.45) is 1.71. The molecule has 2 N–H and O–H groups in total. The summed E-state index contributed by atoms with van der Waals surface area (Å²) in [6.45, 7) is 3.15. The van der Waals surface area contributed by atoms with E-state index < -0.39 is 10.0 Å². The van der Waals surface area contributed by atoms with Crippen LogP contribution in [0.5, 0.6) is 0 Å². The molecule has 6 heteroatoms. The Balaban J connectivity index is 2.12. The van der Waals surface area contributed by atoms with Crippen molar-refractivity contribution in [3.8, 4) is 0 Å². The maximum Gasteiger partial charge on any atom is 0.233 e. The van der Waals surface area contributed by atoms with Gasteiger partial charge >= 0.3 is 0 Å². The van der Waals surface area contributed by atoms with E-state index in [1.165, 1.54) is 0 Å². The molecule has 2 aromatic rings. The van der Waals surface area contributed by atoms with Crippen molar-refractivity contribution >= 4 is 26.6 Å². The Hall–Kier alpha value is -1.66. The molecule has 0 atom stereocenters. The van der Waals surface area contributed by atoms with E-state index in [9.17, 15) is 8.42 Å². The van der Waals surface area contributed by atoms with Crippen LogP contribution in [0.25, 0.3) is 10.9 Å². The highest BCUT2D eigenvalue weighted by Crippen LogP contribution is 2.17. The van der Waals surface area contributed by atoms with Gasteiger partial charge in [-0.1, -0.05) is 13.0 Å². The molecule has 0 saturated carbocycles. The molecule has 102 valence electrons. The fourth-order valence-corrected chi connectivity index (χ4v) is 2.75. The van der Waals surface area contributed by atoms with E-state index in [0.717, 1.165) is 17.4 Å². The molecule has 1 heterocycles. The Morgan fingerprint density at radius 3 is 2.89 bits per heavy atom. The van der Waals surface area contributed by atoms with Gasteiger partial charge < -0.3 is 5.32 Å². The summed E-state index contributed by atoms with van der Waals surface area (Å²) in [4.78, 5) is 4.19. The second-order valence-electron chi connectivity index (χ2n) is 4.19. The number of anilines is 1. The fourth-order valence-electron chi connectivity index (χ4n) is 1.75. The standard InChI is InChI=1S/C13H17N3O2S/c1-2-14-8-9-19(17,18)16-12-5-6-13-11(10-12)4-3-7-15-13/h3-7,10,14,16H,2,8-9H2,1H3. The maximum absolute atomic E-state index is 11.8. The summed E-state index contributed by atoms with van der Waals surface area (Å²) >= 11 is 0. The molecule has 0 aliphatic rings. The smallest absolute Gasteiger partial charge is 0.233 e. The Morgan fingerprint density at radius 1 is 1.26 bits per heavy atom. The van der Waals surface area contributed by atoms with Gasteiger partial charge in [0.15, 0.2) is 0 Å². The number of hydrogen-bond donors (Lipinski definition) is 2. The Kier molecular flexibility index (Phi) is 4.34. The van der Waals surface area contributed by atoms with Crippen molar-refractivity contribution in [1.29, 1.82) is 0 Å². The molecular formula is C13H17N3O2S. The number of hydrogen-bond acceptors (Lipinski definition) is 4. The first-order chi connectivity index (χ1) is 9.11. The summed E-state index contributed by atoms with van der Waals surface area (Å²) in [5.41, 5.74) is 1.41. The van der Waals surface area contributed by atoms with Gasteiger partial charge in [-0.25, -0.2) is 8.42 Å². The lowest BCUT2D eigenvalue weighted by Gasteiger charge is -2.08. The van der Waals surface area contributed by atoms with Crippen LogP contribution in [0.3, 0.4) is 0 Å². The summed E-state index contributed by atoms with van der Waals surface area (Å²) in [5, 5.41) is 3.90. The number of nitrogens with zero attached hydrogens (tertiary/aromatic N) is 1. The molecule has 0 bridgehead atoms. The molecule has 1 aromatic heterocycles. The highest BCUT2D eigenvalue weighted by atomic mass is 32.2. The zero-order valence-electron chi connectivity index (χ0n) is 10.8. The first-order valence-electron chi connectivity index (χ1n) is 6.17. The SMILES string of the molecule is CCNCCS(=O)(=O)Nc1ccc2ncccc2c1. The monoisotopic (exact) mass is 279 g/mol. The number of nitrogens with one attached hydrogen (secondary N) is 2. The van der Waals surface area contributed by atoms with Crippen LogP contribution < -0.4 is 10.0 Å². The molecule has 5 nitrogen and oxygen atoms in total. The van der Waals surface area contributed by atoms with Gasteiger partial charge in [0.2, 0.25) is 10.0 Å². The van der Waals surface area contributed by atoms with Crippen molar-refractivity contribution in [2.75, 3.05) is 23.6 Å². The van der Waals surface area contributed by atoms with Crippen LogP contribution in [0.1, 0.15) is 6.92 Å². The summed E-state index contributed by atoms with van der Waals surface area (Å²) in [5.74, 6) is 0.0614. The van der Waals surface area contributed by atoms with E-state index in [0.29, 0.717) is 12.2 Å². The van der Waals surface area contributed by atoms with Gasteiger partial charge in [0.05, 0.1) is 11.3 Å². The molecule has 0 amide bonds. The molecule has 0 radical (unpaired) electrons. The van der Waals surface area contributed by atoms with Crippen molar-refractivity contribution in [1.82, 2.24) is 10.3 Å². The highest BCUT2D eigenvalue weighted by molar-refractivity contribution is 7.92. The molecule has 0 aliphatic carbocycles. The largest absolute Gasteiger partial charge is 0.316 e. The predicted octanol–water partition coefficient (Wildman–Crippen LogP) is 1.59. The molecule has 0 unspecified atom stereocenters. The van der Waals surface area contributed by atoms with Crippen LogP contribution in [-0.4, -0.2) is 32.2 Å². The summed E-state index contributed by atoms with van der Waals surface area (Å²) < 4.78 is 26.3. The van der Waals surface area contributed by atoms with Crippen molar-refractivity contribution in [2.24, 2.45) is 0 Å². The van der Waals surface area contributed by atoms with Crippen molar-refractivity contribution in [3.63, 3.8) is 0 Å². The summed E-state index contributed by atoms with van der Waals surface area (Å²) in [7, 11) is -3.31. The van der Waals surface area contributed by atoms with Crippen molar-refractivity contribution in [3.05, 3.63) is 36.5 Å². The minimum absolute atomic E-state index is 0.0614. The predicted molar refractivity (Wildman–Crippen MR) is 77.7 cm³/mol. The van der Waals surface area contributed by atoms with E-state index in [1.807, 2.05) is 19.1 Å². The number of benzene rings is 1. The van der Waals surface area contributed by atoms with Crippen LogP contribution in [0.2, 0.25) is 0 Å². The lowest BCUT2D eigenvalue weighted by Crippen LogP contribution is -2.26. The van der Waals surface area contributed by atoms with Crippen molar-refractivity contribution in [2.45, 2.75) is 6.92 Å². The topological polar surface area (TPSA) is 71.1 Å². The van der Waals surface area contributed by atoms with E-state index >= 15 is 0 Å². The number of pyridine rings is 1. The van der Waals surface area contributed by atoms with E-state index in [1.54, 1.807) is 24.4 Å². The molecular weight excluding hydrogens is 262 g/mol. The first-order valence-corrected chi connectivity index (χ1v) is 7.82. The lowest BCUT2D eigenvalue weighted by atomic mass is 10.2. The Labute approximate surface area is 113 Å². The zero-order valence-corrected chi connectivity index (χ0v) is 11.6. The van der Waals surface area contributed by atoms with Gasteiger partial charge in [0.1, 0.15) is 0 Å². The quantitative estimate of drug-likeness (QED) is 0.788. The van der Waals surface area contributed by atoms with Gasteiger partial charge in [-0.05, 0) is 30.8 Å². The molecule has 1 aromatic carbocycles. The maximum atomic E-state index is 11.8. The average Bonchev–Trinajstić information content (AvgIpc) is 2.38. The third kappa shape index (κ3) is 3.90. The summed E-state index contributed by atoms with van der Waals surface area (Å²) in [6, 6.07) is 9.04. The Bertz CT molecular complexity index is 656. The van der Waals surface area contributed by atoms with Gasteiger partial charge in [-0.2, -0.15) is 0 Å². The molecule has 0 aliphatic heterocycles. The number of sulfonamides is 1. The average molecular weight is 279 g/mol. The van der Waals surface area contributed by atoms with Crippen LogP contribution in [0, 0.1) is 0 Å². The van der Waals surface area contributed by atoms with Crippen LogP contribution in [0.4, 0.5) is 5.69 Å². The molecule has 0 spiro atoms. The van der Waals surface area contributed by atoms with Gasteiger partial charge in [-0.3, -0.25) is 9.71 Å². The second kappa shape index (κ2) is 5.99. The minimum atomic E-state index is -3.31. The first kappa shape index (κ1) is 13.8. The second-order valence-corrected chi connectivity index (χ2v) is 6.03. The lowest BCUT2D eigenvalue weighted by molar-refractivity contribution is 0.597. The number of rotatable bonds is 6. The number of aromatic nitrogens is 1. The van der Waals surface area contributed by atoms with Crippen LogP contribution in [-0.2, 0) is 10.0 Å². The third-order valence-electron chi connectivity index (χ3n) is 2.67. The Morgan fingerprint density at radius 2 is 2.11 bits per heavy atom. The molecule has 19 heavy (non-hydrogen) atoms. The van der Waals surface area contributed by atoms with Crippen LogP contribution in [0.15, 0.2) is 36.5 Å². The minimum Gasteiger partial charge on any atom is -0.316 e. The highest BCUT2D eigenvalue weighted by Gasteiger charge is 2.09. The zero-order chi connectivity index (χ0) is 13.7. The van der Waals surface area contributed by atoms with Crippen LogP contribution >= 0.6 is 0 Å². The molecule has 0 fully saturated rings. The van der Waals surface area contributed by atoms with E-state index in [-0.39, 0.29) is 5.75 Å². The fraction of sp³-hybridized carbons (Fsp3) is 0.308. The molecule has 0 saturated heterocycles. The molecule has 2 rings (SSSR count). The van der Waals surface area contributed by atoms with Gasteiger partial charge in [0.25, 0.3) is 0 Å². The third-order valence-corrected chi connectivity index (χ3v) is 3.96.